The summed E-state index contributed by atoms with van der Waals surface area (Å²) in [5, 5.41) is 5.71. The van der Waals surface area contributed by atoms with E-state index in [9.17, 15) is 13.2 Å². The van der Waals surface area contributed by atoms with Gasteiger partial charge in [0.2, 0.25) is 0 Å². The number of hydrogen-bond donors (Lipinski definition) is 0. The largest absolute Gasteiger partial charge is 0.347 e. The first-order valence-electron chi connectivity index (χ1n) is 8.10. The molecule has 6 nitrogen and oxygen atoms in total. The third-order valence-corrected chi connectivity index (χ3v) is 6.60. The maximum absolute atomic E-state index is 12.7. The number of nitrogens with zero attached hydrogens (tertiary/aromatic N) is 3. The van der Waals surface area contributed by atoms with E-state index in [1.54, 1.807) is 6.92 Å². The smallest absolute Gasteiger partial charge is 0.277 e. The molecule has 0 unspecified atom stereocenters. The van der Waals surface area contributed by atoms with Gasteiger partial charge in [0.1, 0.15) is 0 Å². The van der Waals surface area contributed by atoms with Crippen LogP contribution in [-0.2, 0) is 21.1 Å². The van der Waals surface area contributed by atoms with E-state index < -0.39 is 9.84 Å². The minimum Gasteiger partial charge on any atom is -0.347 e. The minimum absolute atomic E-state index is 0.00927. The fourth-order valence-corrected chi connectivity index (χ4v) is 5.25. The Kier molecular flexibility index (Phi) is 3.49. The SMILES string of the molecule is CC1=NN([C@@H]2CCS(=O)(=O)C2)C(=O)/C1=C/N1CCc2ccccc21. The summed E-state index contributed by atoms with van der Waals surface area (Å²) in [5.41, 5.74) is 3.59. The van der Waals surface area contributed by atoms with Crippen LogP contribution in [0.1, 0.15) is 18.9 Å². The van der Waals surface area contributed by atoms with Crippen LogP contribution < -0.4 is 4.90 Å². The summed E-state index contributed by atoms with van der Waals surface area (Å²) >= 11 is 0. The summed E-state index contributed by atoms with van der Waals surface area (Å²) in [6.07, 6.45) is 3.27. The van der Waals surface area contributed by atoms with E-state index in [0.717, 1.165) is 18.7 Å². The van der Waals surface area contributed by atoms with Crippen LogP contribution in [0.25, 0.3) is 0 Å². The first-order chi connectivity index (χ1) is 11.4. The van der Waals surface area contributed by atoms with Gasteiger partial charge in [0.15, 0.2) is 9.84 Å². The highest BCUT2D eigenvalue weighted by Gasteiger charge is 2.39. The number of fused-ring (bicyclic) bond motifs is 1. The standard InChI is InChI=1S/C17H19N3O3S/c1-12-15(10-19-8-6-13-4-2-3-5-16(13)19)17(21)20(18-12)14-7-9-24(22,23)11-14/h2-5,10,14H,6-9,11H2,1H3/b15-10+/t14-/m1/s1. The first kappa shape index (κ1) is 15.4. The zero-order valence-electron chi connectivity index (χ0n) is 13.5. The number of carbonyl (C=O) groups is 1. The Hall–Kier alpha value is -2.15. The minimum atomic E-state index is -3.05. The van der Waals surface area contributed by atoms with E-state index in [-0.39, 0.29) is 23.5 Å². The normalized spacial score (nSPS) is 27.0. The van der Waals surface area contributed by atoms with Crippen LogP contribution >= 0.6 is 0 Å². The highest BCUT2D eigenvalue weighted by atomic mass is 32.2. The van der Waals surface area contributed by atoms with Gasteiger partial charge in [0.05, 0.1) is 28.8 Å². The van der Waals surface area contributed by atoms with Crippen molar-refractivity contribution in [3.63, 3.8) is 0 Å². The molecule has 0 spiro atoms. The molecule has 1 aromatic rings. The third-order valence-electron chi connectivity index (χ3n) is 4.85. The van der Waals surface area contributed by atoms with E-state index in [1.165, 1.54) is 10.6 Å². The summed E-state index contributed by atoms with van der Waals surface area (Å²) in [5.74, 6) is -0.0526. The van der Waals surface area contributed by atoms with Crippen LogP contribution in [0.2, 0.25) is 0 Å². The number of benzene rings is 1. The molecule has 126 valence electrons. The van der Waals surface area contributed by atoms with Crippen molar-refractivity contribution < 1.29 is 13.2 Å². The highest BCUT2D eigenvalue weighted by molar-refractivity contribution is 7.91. The number of hydrazone groups is 1. The topological polar surface area (TPSA) is 70.0 Å². The zero-order chi connectivity index (χ0) is 16.9. The van der Waals surface area contributed by atoms with Crippen LogP contribution in [-0.4, -0.2) is 49.1 Å². The molecule has 0 aromatic heterocycles. The van der Waals surface area contributed by atoms with E-state index >= 15 is 0 Å². The molecule has 0 radical (unpaired) electrons. The van der Waals surface area contributed by atoms with Gasteiger partial charge in [0, 0.05) is 18.4 Å². The molecule has 0 saturated carbocycles. The van der Waals surface area contributed by atoms with E-state index in [2.05, 4.69) is 16.1 Å². The summed E-state index contributed by atoms with van der Waals surface area (Å²) in [6.45, 7) is 2.64. The number of amides is 1. The summed E-state index contributed by atoms with van der Waals surface area (Å²) < 4.78 is 23.3. The summed E-state index contributed by atoms with van der Waals surface area (Å²) in [7, 11) is -3.05. The molecule has 3 heterocycles. The van der Waals surface area contributed by atoms with Crippen LogP contribution in [0, 0.1) is 0 Å². The second-order valence-electron chi connectivity index (χ2n) is 6.51. The molecule has 3 aliphatic heterocycles. The molecule has 24 heavy (non-hydrogen) atoms. The van der Waals surface area contributed by atoms with E-state index in [4.69, 9.17) is 0 Å². The predicted molar refractivity (Wildman–Crippen MR) is 92.6 cm³/mol. The Morgan fingerprint density at radius 3 is 2.83 bits per heavy atom. The molecule has 7 heteroatoms. The lowest BCUT2D eigenvalue weighted by Gasteiger charge is -2.19. The molecular weight excluding hydrogens is 326 g/mol. The predicted octanol–water partition coefficient (Wildman–Crippen LogP) is 1.34. The van der Waals surface area contributed by atoms with Gasteiger partial charge in [-0.05, 0) is 31.4 Å². The van der Waals surface area contributed by atoms with Gasteiger partial charge in [-0.15, -0.1) is 0 Å². The number of anilines is 1. The van der Waals surface area contributed by atoms with Gasteiger partial charge < -0.3 is 4.90 Å². The van der Waals surface area contributed by atoms with Crippen molar-refractivity contribution in [3.8, 4) is 0 Å². The van der Waals surface area contributed by atoms with Crippen LogP contribution in [0.15, 0.2) is 41.1 Å². The Labute approximate surface area is 141 Å². The van der Waals surface area contributed by atoms with Crippen molar-refractivity contribution in [1.29, 1.82) is 0 Å². The number of rotatable bonds is 2. The van der Waals surface area contributed by atoms with Crippen molar-refractivity contribution in [2.75, 3.05) is 23.0 Å². The number of hydrogen-bond acceptors (Lipinski definition) is 5. The molecule has 1 aromatic carbocycles. The lowest BCUT2D eigenvalue weighted by molar-refractivity contribution is -0.127. The Bertz CT molecular complexity index is 873. The lowest BCUT2D eigenvalue weighted by Crippen LogP contribution is -2.34. The fraction of sp³-hybridized carbons (Fsp3) is 0.412. The molecule has 1 fully saturated rings. The Morgan fingerprint density at radius 1 is 1.29 bits per heavy atom. The maximum Gasteiger partial charge on any atom is 0.277 e. The number of carbonyl (C=O) groups excluding carboxylic acids is 1. The Morgan fingerprint density at radius 2 is 2.08 bits per heavy atom. The molecule has 0 bridgehead atoms. The number of sulfone groups is 1. The fourth-order valence-electron chi connectivity index (χ4n) is 3.56. The van der Waals surface area contributed by atoms with Crippen LogP contribution in [0.5, 0.6) is 0 Å². The van der Waals surface area contributed by atoms with Crippen molar-refractivity contribution in [2.45, 2.75) is 25.8 Å². The monoisotopic (exact) mass is 345 g/mol. The molecule has 0 N–H and O–H groups in total. The second-order valence-corrected chi connectivity index (χ2v) is 8.74. The molecule has 1 saturated heterocycles. The van der Waals surface area contributed by atoms with Gasteiger partial charge in [-0.3, -0.25) is 4.79 Å². The Balaban J connectivity index is 1.60. The molecule has 1 atom stereocenters. The van der Waals surface area contributed by atoms with Gasteiger partial charge in [-0.1, -0.05) is 18.2 Å². The molecule has 3 aliphatic rings. The van der Waals surface area contributed by atoms with E-state index in [1.807, 2.05) is 24.4 Å². The van der Waals surface area contributed by atoms with E-state index in [0.29, 0.717) is 17.7 Å². The molecular formula is C17H19N3O3S. The van der Waals surface area contributed by atoms with Crippen LogP contribution in [0.3, 0.4) is 0 Å². The average molecular weight is 345 g/mol. The quantitative estimate of drug-likeness (QED) is 0.759. The lowest BCUT2D eigenvalue weighted by atomic mass is 10.1. The highest BCUT2D eigenvalue weighted by Crippen LogP contribution is 2.30. The van der Waals surface area contributed by atoms with Crippen molar-refractivity contribution in [2.24, 2.45) is 5.10 Å². The second kappa shape index (κ2) is 5.44. The first-order valence-corrected chi connectivity index (χ1v) is 9.93. The third kappa shape index (κ3) is 2.53. The zero-order valence-corrected chi connectivity index (χ0v) is 14.3. The van der Waals surface area contributed by atoms with Gasteiger partial charge in [-0.25, -0.2) is 13.4 Å². The summed E-state index contributed by atoms with van der Waals surface area (Å²) in [4.78, 5) is 14.8. The van der Waals surface area contributed by atoms with Gasteiger partial charge in [0.25, 0.3) is 5.91 Å². The van der Waals surface area contributed by atoms with Crippen molar-refractivity contribution in [3.05, 3.63) is 41.6 Å². The molecule has 1 amide bonds. The maximum atomic E-state index is 12.7. The van der Waals surface area contributed by atoms with Crippen molar-refractivity contribution in [1.82, 2.24) is 5.01 Å². The van der Waals surface area contributed by atoms with Crippen LogP contribution in [0.4, 0.5) is 5.69 Å². The number of para-hydroxylation sites is 1. The molecule has 4 rings (SSSR count). The average Bonchev–Trinajstić information content (AvgIpc) is 3.19. The summed E-state index contributed by atoms with van der Waals surface area (Å²) in [6, 6.07) is 7.82. The van der Waals surface area contributed by atoms with Gasteiger partial charge >= 0.3 is 0 Å². The van der Waals surface area contributed by atoms with Gasteiger partial charge in [-0.2, -0.15) is 5.10 Å². The molecule has 0 aliphatic carbocycles. The van der Waals surface area contributed by atoms with Crippen molar-refractivity contribution >= 4 is 27.1 Å².